The van der Waals surface area contributed by atoms with Gasteiger partial charge in [-0.1, -0.05) is 37.6 Å². The summed E-state index contributed by atoms with van der Waals surface area (Å²) in [7, 11) is 0. The summed E-state index contributed by atoms with van der Waals surface area (Å²) in [5, 5.41) is 10.8. The van der Waals surface area contributed by atoms with Gasteiger partial charge in [-0.3, -0.25) is 4.79 Å². The monoisotopic (exact) mass is 539 g/mol. The third-order valence-corrected chi connectivity index (χ3v) is 3.85. The van der Waals surface area contributed by atoms with Crippen molar-refractivity contribution in [3.8, 4) is 11.3 Å². The number of nitrogens with zero attached hydrogens (tertiary/aromatic N) is 1. The van der Waals surface area contributed by atoms with Gasteiger partial charge in [-0.05, 0) is 43.3 Å². The van der Waals surface area contributed by atoms with Gasteiger partial charge in [0.25, 0.3) is 0 Å². The van der Waals surface area contributed by atoms with E-state index in [9.17, 15) is 4.79 Å². The maximum Gasteiger partial charge on any atom is 0.155 e. The molecule has 1 radical (unpaired) electrons. The molecule has 0 amide bonds. The fourth-order valence-corrected chi connectivity index (χ4v) is 2.79. The molecule has 143 valence electrons. The Kier molecular flexibility index (Phi) is 8.55. The standard InChI is InChI=1S/C18H16N.C5H8O2.Ir/c1-12-5-7-16(14(3)10-12)18-17-11-13(2)4-6-15(17)8-9-19-18;1-4(6)3-5(2)7;/h4-6,8-11H,1-3H3;3,6H,1-2H3;/q-1;;/b;4-3-;. The third kappa shape index (κ3) is 6.42. The Morgan fingerprint density at radius 3 is 2.33 bits per heavy atom. The average molecular weight is 539 g/mol. The smallest absolute Gasteiger partial charge is 0.155 e. The summed E-state index contributed by atoms with van der Waals surface area (Å²) in [6, 6.07) is 16.1. The van der Waals surface area contributed by atoms with Crippen molar-refractivity contribution < 1.29 is 30.0 Å². The molecule has 3 aromatic rings. The van der Waals surface area contributed by atoms with E-state index >= 15 is 0 Å². The zero-order valence-electron chi connectivity index (χ0n) is 16.3. The number of aliphatic hydroxyl groups is 1. The fraction of sp³-hybridized carbons (Fsp3) is 0.217. The van der Waals surface area contributed by atoms with Gasteiger partial charge in [0.2, 0.25) is 0 Å². The Morgan fingerprint density at radius 1 is 1.07 bits per heavy atom. The number of rotatable bonds is 2. The van der Waals surface area contributed by atoms with E-state index < -0.39 is 0 Å². The number of pyridine rings is 1. The normalized spacial score (nSPS) is 10.6. The molecule has 2 aromatic carbocycles. The van der Waals surface area contributed by atoms with Crippen LogP contribution in [-0.2, 0) is 24.9 Å². The largest absolute Gasteiger partial charge is 0.512 e. The summed E-state index contributed by atoms with van der Waals surface area (Å²) < 4.78 is 0. The minimum Gasteiger partial charge on any atom is -0.512 e. The van der Waals surface area contributed by atoms with E-state index in [1.165, 1.54) is 47.4 Å². The van der Waals surface area contributed by atoms with E-state index in [0.717, 1.165) is 11.3 Å². The molecule has 3 rings (SSSR count). The molecule has 0 saturated carbocycles. The third-order valence-electron chi connectivity index (χ3n) is 3.85. The Bertz CT molecular complexity index is 973. The van der Waals surface area contributed by atoms with Crippen molar-refractivity contribution in [2.45, 2.75) is 34.6 Å². The Labute approximate surface area is 174 Å². The molecule has 1 heterocycles. The second kappa shape index (κ2) is 10.1. The van der Waals surface area contributed by atoms with Crippen LogP contribution in [0, 0.1) is 26.8 Å². The van der Waals surface area contributed by atoms with Crippen molar-refractivity contribution in [1.82, 2.24) is 4.98 Å². The number of benzene rings is 2. The molecule has 0 aliphatic heterocycles. The number of ketones is 1. The number of aryl methyl sites for hydroxylation is 3. The van der Waals surface area contributed by atoms with Crippen LogP contribution in [0.2, 0.25) is 0 Å². The molecule has 1 aromatic heterocycles. The maximum absolute atomic E-state index is 10.0. The van der Waals surface area contributed by atoms with Crippen LogP contribution in [-0.4, -0.2) is 15.9 Å². The fourth-order valence-electron chi connectivity index (χ4n) is 2.79. The van der Waals surface area contributed by atoms with Gasteiger partial charge in [0.15, 0.2) is 5.78 Å². The molecule has 0 unspecified atom stereocenters. The van der Waals surface area contributed by atoms with Crippen molar-refractivity contribution in [3.63, 3.8) is 0 Å². The molecule has 0 atom stereocenters. The molecule has 3 nitrogen and oxygen atoms in total. The number of hydrogen-bond acceptors (Lipinski definition) is 3. The molecule has 0 spiro atoms. The van der Waals surface area contributed by atoms with Gasteiger partial charge in [-0.15, -0.1) is 34.9 Å². The van der Waals surface area contributed by atoms with E-state index in [0.29, 0.717) is 0 Å². The van der Waals surface area contributed by atoms with Crippen molar-refractivity contribution in [2.24, 2.45) is 0 Å². The molecule has 27 heavy (non-hydrogen) atoms. The summed E-state index contributed by atoms with van der Waals surface area (Å²) in [5.74, 6) is -0.0625. The van der Waals surface area contributed by atoms with Crippen LogP contribution >= 0.6 is 0 Å². The molecule has 0 saturated heterocycles. The summed E-state index contributed by atoms with van der Waals surface area (Å²) >= 11 is 0. The van der Waals surface area contributed by atoms with E-state index in [4.69, 9.17) is 5.11 Å². The first-order valence-corrected chi connectivity index (χ1v) is 8.50. The van der Waals surface area contributed by atoms with Crippen LogP contribution in [0.4, 0.5) is 0 Å². The van der Waals surface area contributed by atoms with Crippen LogP contribution < -0.4 is 0 Å². The van der Waals surface area contributed by atoms with Gasteiger partial charge >= 0.3 is 0 Å². The van der Waals surface area contributed by atoms with E-state index in [2.05, 4.69) is 62.2 Å². The van der Waals surface area contributed by atoms with Gasteiger partial charge in [0.05, 0.1) is 5.76 Å². The Balaban J connectivity index is 0.000000395. The Morgan fingerprint density at radius 2 is 1.78 bits per heavy atom. The Hall–Kier alpha value is -2.29. The van der Waals surface area contributed by atoms with Gasteiger partial charge < -0.3 is 10.1 Å². The quantitative estimate of drug-likeness (QED) is 0.260. The van der Waals surface area contributed by atoms with E-state index in [1.54, 1.807) is 0 Å². The SMILES string of the molecule is CC(=O)/C=C(/C)O.Cc1c[c-]c(-c2nccc3ccc(C)cc23)c(C)c1.[Ir]. The molecule has 0 bridgehead atoms. The molecule has 0 aliphatic carbocycles. The summed E-state index contributed by atoms with van der Waals surface area (Å²) in [4.78, 5) is 14.6. The van der Waals surface area contributed by atoms with Crippen molar-refractivity contribution in [3.05, 3.63) is 77.2 Å². The van der Waals surface area contributed by atoms with Gasteiger partial charge in [0.1, 0.15) is 0 Å². The van der Waals surface area contributed by atoms with Crippen molar-refractivity contribution >= 4 is 16.6 Å². The molecular formula is C23H24IrNO2-. The number of carbonyl (C=O) groups excluding carboxylic acids is 1. The summed E-state index contributed by atoms with van der Waals surface area (Å²) in [6.07, 6.45) is 3.04. The number of fused-ring (bicyclic) bond motifs is 1. The number of carbonyl (C=O) groups is 1. The first-order chi connectivity index (χ1) is 12.3. The van der Waals surface area contributed by atoms with Crippen molar-refractivity contribution in [2.75, 3.05) is 0 Å². The van der Waals surface area contributed by atoms with Crippen LogP contribution in [0.5, 0.6) is 0 Å². The topological polar surface area (TPSA) is 50.2 Å². The summed E-state index contributed by atoms with van der Waals surface area (Å²) in [6.45, 7) is 9.17. The first kappa shape index (κ1) is 22.7. The average Bonchev–Trinajstić information content (AvgIpc) is 2.54. The maximum atomic E-state index is 10.0. The predicted octanol–water partition coefficient (Wildman–Crippen LogP) is 5.66. The predicted molar refractivity (Wildman–Crippen MR) is 107 cm³/mol. The molecule has 4 heteroatoms. The zero-order chi connectivity index (χ0) is 19.3. The van der Waals surface area contributed by atoms with E-state index in [1.807, 2.05) is 12.3 Å². The molecule has 1 N–H and O–H groups in total. The van der Waals surface area contributed by atoms with Crippen LogP contribution in [0.25, 0.3) is 22.0 Å². The van der Waals surface area contributed by atoms with Gasteiger partial charge in [0, 0.05) is 32.4 Å². The summed E-state index contributed by atoms with van der Waals surface area (Å²) in [5.41, 5.74) is 5.84. The number of aliphatic hydroxyl groups excluding tert-OH is 1. The van der Waals surface area contributed by atoms with Gasteiger partial charge in [-0.25, -0.2) is 0 Å². The zero-order valence-corrected chi connectivity index (χ0v) is 18.6. The number of allylic oxidation sites excluding steroid dienone is 2. The molecular weight excluding hydrogens is 514 g/mol. The van der Waals surface area contributed by atoms with Gasteiger partial charge in [-0.2, -0.15) is 0 Å². The second-order valence-corrected chi connectivity index (χ2v) is 6.52. The number of aromatic nitrogens is 1. The minimum atomic E-state index is -0.125. The van der Waals surface area contributed by atoms with Crippen LogP contribution in [0.15, 0.2) is 54.4 Å². The van der Waals surface area contributed by atoms with Crippen molar-refractivity contribution in [1.29, 1.82) is 0 Å². The number of hydrogen-bond donors (Lipinski definition) is 1. The first-order valence-electron chi connectivity index (χ1n) is 8.50. The van der Waals surface area contributed by atoms with E-state index in [-0.39, 0.29) is 31.6 Å². The van der Waals surface area contributed by atoms with Crippen LogP contribution in [0.3, 0.4) is 0 Å². The molecule has 0 fully saturated rings. The van der Waals surface area contributed by atoms with Crippen LogP contribution in [0.1, 0.15) is 30.5 Å². The minimum absolute atomic E-state index is 0. The molecule has 0 aliphatic rings. The second-order valence-electron chi connectivity index (χ2n) is 6.52.